The van der Waals surface area contributed by atoms with Crippen molar-refractivity contribution in [2.75, 3.05) is 0 Å². The molecule has 1 nitrogen and oxygen atoms in total. The molecule has 0 saturated heterocycles. The van der Waals surface area contributed by atoms with Crippen molar-refractivity contribution in [3.8, 4) is 0 Å². The van der Waals surface area contributed by atoms with Crippen LogP contribution < -0.4 is 0 Å². The standard InChI is InChI=1S/C12H14F2O/c1-8(2)12(15)6-4-9-3-5-10(13)11(14)7-9/h3,5,7-8H,4,6H2,1-2H3. The summed E-state index contributed by atoms with van der Waals surface area (Å²) in [5.41, 5.74) is 0.655. The number of carbonyl (C=O) groups excluding carboxylic acids is 1. The Morgan fingerprint density at radius 3 is 2.47 bits per heavy atom. The van der Waals surface area contributed by atoms with Crippen LogP contribution in [0.5, 0.6) is 0 Å². The average Bonchev–Trinajstić information content (AvgIpc) is 2.19. The van der Waals surface area contributed by atoms with Crippen molar-refractivity contribution in [2.45, 2.75) is 26.7 Å². The van der Waals surface area contributed by atoms with Gasteiger partial charge in [-0.2, -0.15) is 0 Å². The second-order valence-electron chi connectivity index (χ2n) is 3.87. The van der Waals surface area contributed by atoms with Gasteiger partial charge in [-0.05, 0) is 24.1 Å². The maximum atomic E-state index is 12.8. The molecule has 3 heteroatoms. The predicted molar refractivity (Wildman–Crippen MR) is 54.5 cm³/mol. The van der Waals surface area contributed by atoms with E-state index >= 15 is 0 Å². The number of ketones is 1. The number of aryl methyl sites for hydroxylation is 1. The molecule has 0 atom stereocenters. The number of hydrogen-bond donors (Lipinski definition) is 0. The largest absolute Gasteiger partial charge is 0.299 e. The highest BCUT2D eigenvalue weighted by molar-refractivity contribution is 5.80. The fourth-order valence-electron chi connectivity index (χ4n) is 1.25. The Morgan fingerprint density at radius 1 is 1.27 bits per heavy atom. The second-order valence-corrected chi connectivity index (χ2v) is 3.87. The molecule has 82 valence electrons. The van der Waals surface area contributed by atoms with Crippen molar-refractivity contribution in [2.24, 2.45) is 5.92 Å². The number of Topliss-reactive ketones (excluding diaryl/α,β-unsaturated/α-hetero) is 1. The van der Waals surface area contributed by atoms with Crippen LogP contribution >= 0.6 is 0 Å². The summed E-state index contributed by atoms with van der Waals surface area (Å²) in [4.78, 5) is 11.3. The van der Waals surface area contributed by atoms with E-state index in [9.17, 15) is 13.6 Å². The van der Waals surface area contributed by atoms with E-state index in [1.165, 1.54) is 6.07 Å². The van der Waals surface area contributed by atoms with E-state index in [0.717, 1.165) is 12.1 Å². The fourth-order valence-corrected chi connectivity index (χ4v) is 1.25. The van der Waals surface area contributed by atoms with Gasteiger partial charge in [0.25, 0.3) is 0 Å². The minimum absolute atomic E-state index is 0.00436. The highest BCUT2D eigenvalue weighted by Gasteiger charge is 2.08. The molecular weight excluding hydrogens is 198 g/mol. The molecule has 0 aliphatic rings. The van der Waals surface area contributed by atoms with E-state index in [-0.39, 0.29) is 11.7 Å². The SMILES string of the molecule is CC(C)C(=O)CCc1ccc(F)c(F)c1. The Morgan fingerprint density at radius 2 is 1.93 bits per heavy atom. The van der Waals surface area contributed by atoms with Gasteiger partial charge < -0.3 is 0 Å². The molecule has 0 aromatic heterocycles. The number of benzene rings is 1. The van der Waals surface area contributed by atoms with E-state index in [4.69, 9.17) is 0 Å². The molecule has 0 aliphatic heterocycles. The minimum Gasteiger partial charge on any atom is -0.299 e. The Labute approximate surface area is 88.1 Å². The number of hydrogen-bond acceptors (Lipinski definition) is 1. The lowest BCUT2D eigenvalue weighted by atomic mass is 10.0. The molecule has 0 aliphatic carbocycles. The highest BCUT2D eigenvalue weighted by atomic mass is 19.2. The molecule has 0 heterocycles. The molecular formula is C12H14F2O. The van der Waals surface area contributed by atoms with E-state index < -0.39 is 11.6 Å². The lowest BCUT2D eigenvalue weighted by Crippen LogP contribution is -2.07. The zero-order valence-electron chi connectivity index (χ0n) is 8.89. The molecule has 0 unspecified atom stereocenters. The molecule has 0 radical (unpaired) electrons. The van der Waals surface area contributed by atoms with Crippen molar-refractivity contribution in [1.82, 2.24) is 0 Å². The first kappa shape index (κ1) is 11.8. The third-order valence-corrected chi connectivity index (χ3v) is 2.29. The third-order valence-electron chi connectivity index (χ3n) is 2.29. The molecule has 15 heavy (non-hydrogen) atoms. The van der Waals surface area contributed by atoms with Crippen LogP contribution in [0.3, 0.4) is 0 Å². The summed E-state index contributed by atoms with van der Waals surface area (Å²) < 4.78 is 25.4. The molecule has 1 aromatic carbocycles. The van der Waals surface area contributed by atoms with Gasteiger partial charge in [0, 0.05) is 12.3 Å². The van der Waals surface area contributed by atoms with E-state index in [1.807, 2.05) is 13.8 Å². The normalized spacial score (nSPS) is 10.7. The molecule has 0 spiro atoms. The third kappa shape index (κ3) is 3.42. The van der Waals surface area contributed by atoms with Gasteiger partial charge in [0.15, 0.2) is 11.6 Å². The number of carbonyl (C=O) groups is 1. The van der Waals surface area contributed by atoms with Crippen LogP contribution in [0.25, 0.3) is 0 Å². The van der Waals surface area contributed by atoms with Crippen molar-refractivity contribution in [1.29, 1.82) is 0 Å². The Balaban J connectivity index is 2.58. The van der Waals surface area contributed by atoms with Gasteiger partial charge in [-0.3, -0.25) is 4.79 Å². The molecule has 0 saturated carbocycles. The summed E-state index contributed by atoms with van der Waals surface area (Å²) in [6, 6.07) is 3.74. The van der Waals surface area contributed by atoms with Gasteiger partial charge in [0.05, 0.1) is 0 Å². The van der Waals surface area contributed by atoms with E-state index in [0.29, 0.717) is 18.4 Å². The maximum Gasteiger partial charge on any atom is 0.159 e. The van der Waals surface area contributed by atoms with Gasteiger partial charge in [0.2, 0.25) is 0 Å². The van der Waals surface area contributed by atoms with Crippen LogP contribution in [0.1, 0.15) is 25.8 Å². The van der Waals surface area contributed by atoms with Crippen molar-refractivity contribution < 1.29 is 13.6 Å². The van der Waals surface area contributed by atoms with Gasteiger partial charge in [-0.15, -0.1) is 0 Å². The van der Waals surface area contributed by atoms with Crippen molar-refractivity contribution in [3.63, 3.8) is 0 Å². The molecule has 0 bridgehead atoms. The summed E-state index contributed by atoms with van der Waals surface area (Å²) in [6.45, 7) is 3.65. The van der Waals surface area contributed by atoms with Gasteiger partial charge in [-0.1, -0.05) is 19.9 Å². The second kappa shape index (κ2) is 5.01. The maximum absolute atomic E-state index is 12.8. The topological polar surface area (TPSA) is 17.1 Å². The van der Waals surface area contributed by atoms with Crippen LogP contribution in [0, 0.1) is 17.6 Å². The van der Waals surface area contributed by atoms with Crippen LogP contribution in [-0.2, 0) is 11.2 Å². The molecule has 0 fully saturated rings. The lowest BCUT2D eigenvalue weighted by Gasteiger charge is -2.04. The summed E-state index contributed by atoms with van der Waals surface area (Å²) in [5.74, 6) is -1.58. The lowest BCUT2D eigenvalue weighted by molar-refractivity contribution is -0.121. The first-order valence-electron chi connectivity index (χ1n) is 4.97. The fraction of sp³-hybridized carbons (Fsp3) is 0.417. The monoisotopic (exact) mass is 212 g/mol. The van der Waals surface area contributed by atoms with Gasteiger partial charge in [0.1, 0.15) is 5.78 Å². The molecule has 1 aromatic rings. The Bertz CT molecular complexity index is 359. The number of halogens is 2. The molecule has 0 N–H and O–H groups in total. The summed E-state index contributed by atoms with van der Waals surface area (Å²) in [5, 5.41) is 0. The van der Waals surface area contributed by atoms with E-state index in [1.54, 1.807) is 0 Å². The van der Waals surface area contributed by atoms with Gasteiger partial charge >= 0.3 is 0 Å². The van der Waals surface area contributed by atoms with Gasteiger partial charge in [-0.25, -0.2) is 8.78 Å². The van der Waals surface area contributed by atoms with Crippen LogP contribution in [0.15, 0.2) is 18.2 Å². The van der Waals surface area contributed by atoms with Crippen LogP contribution in [0.4, 0.5) is 8.78 Å². The zero-order chi connectivity index (χ0) is 11.4. The summed E-state index contributed by atoms with van der Waals surface area (Å²) >= 11 is 0. The quantitative estimate of drug-likeness (QED) is 0.749. The predicted octanol–water partition coefficient (Wildman–Crippen LogP) is 3.12. The van der Waals surface area contributed by atoms with Crippen LogP contribution in [-0.4, -0.2) is 5.78 Å². The summed E-state index contributed by atoms with van der Waals surface area (Å²) in [6.07, 6.45) is 0.844. The first-order chi connectivity index (χ1) is 7.00. The average molecular weight is 212 g/mol. The van der Waals surface area contributed by atoms with Crippen molar-refractivity contribution >= 4 is 5.78 Å². The Hall–Kier alpha value is -1.25. The van der Waals surface area contributed by atoms with Crippen LogP contribution in [0.2, 0.25) is 0 Å². The zero-order valence-corrected chi connectivity index (χ0v) is 8.89. The summed E-state index contributed by atoms with van der Waals surface area (Å²) in [7, 11) is 0. The smallest absolute Gasteiger partial charge is 0.159 e. The first-order valence-corrected chi connectivity index (χ1v) is 4.97. The van der Waals surface area contributed by atoms with Crippen molar-refractivity contribution in [3.05, 3.63) is 35.4 Å². The molecule has 0 amide bonds. The van der Waals surface area contributed by atoms with E-state index in [2.05, 4.69) is 0 Å². The number of rotatable bonds is 4. The Kier molecular flexibility index (Phi) is 3.95. The minimum atomic E-state index is -0.857. The molecule has 1 rings (SSSR count). The highest BCUT2D eigenvalue weighted by Crippen LogP contribution is 2.11.